The number of hydrogen-bond donors (Lipinski definition) is 0. The molecule has 78 valence electrons. The first-order chi connectivity index (χ1) is 7.31. The molecule has 0 aliphatic heterocycles. The number of aromatic nitrogens is 1. The molecule has 0 aliphatic carbocycles. The molecular weight excluding hydrogens is 228 g/mol. The highest BCUT2D eigenvalue weighted by Gasteiger charge is 2.07. The summed E-state index contributed by atoms with van der Waals surface area (Å²) >= 11 is 7.32. The zero-order chi connectivity index (χ0) is 10.7. The Kier molecular flexibility index (Phi) is 3.23. The van der Waals surface area contributed by atoms with E-state index in [1.165, 1.54) is 0 Å². The Morgan fingerprint density at radius 2 is 2.07 bits per heavy atom. The molecule has 0 aliphatic rings. The highest BCUT2D eigenvalue weighted by Crippen LogP contribution is 2.26. The lowest BCUT2D eigenvalue weighted by Crippen LogP contribution is -2.08. The van der Waals surface area contributed by atoms with Crippen molar-refractivity contribution in [3.05, 3.63) is 41.4 Å². The lowest BCUT2D eigenvalue weighted by molar-refractivity contribution is 1.13. The largest absolute Gasteiger partial charge is 0.321 e. The van der Waals surface area contributed by atoms with Gasteiger partial charge in [0.15, 0.2) is 5.13 Å². The maximum Gasteiger partial charge on any atom is 0.189 e. The number of alkyl halides is 1. The average Bonchev–Trinajstić information content (AvgIpc) is 2.78. The van der Waals surface area contributed by atoms with Crippen molar-refractivity contribution in [2.75, 3.05) is 11.9 Å². The van der Waals surface area contributed by atoms with E-state index in [-0.39, 0.29) is 0 Å². The molecule has 2 rings (SSSR count). The first-order valence-corrected chi connectivity index (χ1v) is 6.02. The van der Waals surface area contributed by atoms with Crippen molar-refractivity contribution in [3.63, 3.8) is 0 Å². The molecule has 1 aromatic heterocycles. The normalized spacial score (nSPS) is 10.3. The standard InChI is InChI=1S/C11H11ClN2S/c1-14(10-5-3-2-4-6-10)11-13-9(7-12)8-15-11/h2-6,8H,7H2,1H3. The summed E-state index contributed by atoms with van der Waals surface area (Å²) in [7, 11) is 2.01. The highest BCUT2D eigenvalue weighted by molar-refractivity contribution is 7.13. The molecule has 1 aromatic carbocycles. The molecule has 0 amide bonds. The Morgan fingerprint density at radius 3 is 2.67 bits per heavy atom. The minimum atomic E-state index is 0.471. The minimum absolute atomic E-state index is 0.471. The van der Waals surface area contributed by atoms with Gasteiger partial charge >= 0.3 is 0 Å². The third-order valence-corrected chi connectivity index (χ3v) is 3.35. The van der Waals surface area contributed by atoms with Gasteiger partial charge in [0.2, 0.25) is 0 Å². The van der Waals surface area contributed by atoms with Gasteiger partial charge in [-0.25, -0.2) is 4.98 Å². The Morgan fingerprint density at radius 1 is 1.33 bits per heavy atom. The number of thiazole rings is 1. The van der Waals surface area contributed by atoms with Crippen LogP contribution in [-0.4, -0.2) is 12.0 Å². The molecule has 15 heavy (non-hydrogen) atoms. The molecule has 0 N–H and O–H groups in total. The first kappa shape index (κ1) is 10.5. The molecule has 0 radical (unpaired) electrons. The summed E-state index contributed by atoms with van der Waals surface area (Å²) in [4.78, 5) is 6.47. The second-order valence-electron chi connectivity index (χ2n) is 3.15. The van der Waals surface area contributed by atoms with Crippen molar-refractivity contribution in [3.8, 4) is 0 Å². The van der Waals surface area contributed by atoms with Crippen LogP contribution in [0.1, 0.15) is 5.69 Å². The molecule has 0 atom stereocenters. The summed E-state index contributed by atoms with van der Waals surface area (Å²) in [6.45, 7) is 0. The van der Waals surface area contributed by atoms with Crippen LogP contribution in [0.15, 0.2) is 35.7 Å². The molecule has 0 spiro atoms. The van der Waals surface area contributed by atoms with Gasteiger partial charge in [0, 0.05) is 18.1 Å². The number of halogens is 1. The summed E-state index contributed by atoms with van der Waals surface area (Å²) in [5.41, 5.74) is 2.06. The van der Waals surface area contributed by atoms with Crippen molar-refractivity contribution < 1.29 is 0 Å². The van der Waals surface area contributed by atoms with Gasteiger partial charge in [0.25, 0.3) is 0 Å². The topological polar surface area (TPSA) is 16.1 Å². The van der Waals surface area contributed by atoms with E-state index in [0.29, 0.717) is 5.88 Å². The van der Waals surface area contributed by atoms with E-state index in [1.54, 1.807) is 11.3 Å². The number of rotatable bonds is 3. The van der Waals surface area contributed by atoms with Crippen LogP contribution >= 0.6 is 22.9 Å². The molecule has 0 saturated carbocycles. The molecule has 0 fully saturated rings. The number of benzene rings is 1. The van der Waals surface area contributed by atoms with E-state index in [0.717, 1.165) is 16.5 Å². The van der Waals surface area contributed by atoms with E-state index >= 15 is 0 Å². The predicted octanol–water partition coefficient (Wildman–Crippen LogP) is 3.65. The van der Waals surface area contributed by atoms with Gasteiger partial charge in [-0.3, -0.25) is 0 Å². The molecule has 1 heterocycles. The zero-order valence-electron chi connectivity index (χ0n) is 8.35. The molecule has 0 bridgehead atoms. The average molecular weight is 239 g/mol. The number of hydrogen-bond acceptors (Lipinski definition) is 3. The third kappa shape index (κ3) is 2.30. The summed E-state index contributed by atoms with van der Waals surface area (Å²) in [6.07, 6.45) is 0. The lowest BCUT2D eigenvalue weighted by Gasteiger charge is -2.15. The van der Waals surface area contributed by atoms with Crippen LogP contribution < -0.4 is 4.90 Å². The molecule has 0 saturated heterocycles. The Bertz CT molecular complexity index is 427. The summed E-state index contributed by atoms with van der Waals surface area (Å²) in [5.74, 6) is 0.471. The molecule has 2 nitrogen and oxygen atoms in total. The van der Waals surface area contributed by atoms with E-state index in [2.05, 4.69) is 22.0 Å². The Balaban J connectivity index is 2.24. The summed E-state index contributed by atoms with van der Waals surface area (Å²) in [6, 6.07) is 10.1. The van der Waals surface area contributed by atoms with E-state index < -0.39 is 0 Å². The van der Waals surface area contributed by atoms with Crippen molar-refractivity contribution >= 4 is 33.8 Å². The van der Waals surface area contributed by atoms with Crippen LogP contribution in [0.3, 0.4) is 0 Å². The van der Waals surface area contributed by atoms with Gasteiger partial charge in [-0.05, 0) is 12.1 Å². The predicted molar refractivity (Wildman–Crippen MR) is 66.2 cm³/mol. The summed E-state index contributed by atoms with van der Waals surface area (Å²) < 4.78 is 0. The van der Waals surface area contributed by atoms with Crippen LogP contribution in [0.25, 0.3) is 0 Å². The molecular formula is C11H11ClN2S. The van der Waals surface area contributed by atoms with E-state index in [4.69, 9.17) is 11.6 Å². The number of anilines is 2. The van der Waals surface area contributed by atoms with Crippen molar-refractivity contribution in [1.82, 2.24) is 4.98 Å². The molecule has 4 heteroatoms. The fourth-order valence-electron chi connectivity index (χ4n) is 1.27. The fourth-order valence-corrected chi connectivity index (χ4v) is 2.31. The van der Waals surface area contributed by atoms with E-state index in [9.17, 15) is 0 Å². The quantitative estimate of drug-likeness (QED) is 0.759. The molecule has 0 unspecified atom stereocenters. The first-order valence-electron chi connectivity index (χ1n) is 4.60. The van der Waals surface area contributed by atoms with E-state index in [1.807, 2.05) is 30.6 Å². The second-order valence-corrected chi connectivity index (χ2v) is 4.25. The SMILES string of the molecule is CN(c1ccccc1)c1nc(CCl)cs1. The van der Waals surface area contributed by atoms with Gasteiger partial charge in [-0.2, -0.15) is 0 Å². The lowest BCUT2D eigenvalue weighted by atomic mass is 10.3. The maximum atomic E-state index is 5.72. The van der Waals surface area contributed by atoms with Gasteiger partial charge in [-0.1, -0.05) is 18.2 Å². The van der Waals surface area contributed by atoms with Crippen LogP contribution in [0, 0.1) is 0 Å². The Labute approximate surface area is 98.1 Å². The zero-order valence-corrected chi connectivity index (χ0v) is 9.92. The number of para-hydroxylation sites is 1. The third-order valence-electron chi connectivity index (χ3n) is 2.11. The minimum Gasteiger partial charge on any atom is -0.321 e. The van der Waals surface area contributed by atoms with Gasteiger partial charge < -0.3 is 4.90 Å². The van der Waals surface area contributed by atoms with Crippen molar-refractivity contribution in [2.45, 2.75) is 5.88 Å². The van der Waals surface area contributed by atoms with Crippen molar-refractivity contribution in [1.29, 1.82) is 0 Å². The van der Waals surface area contributed by atoms with Crippen LogP contribution in [0.4, 0.5) is 10.8 Å². The smallest absolute Gasteiger partial charge is 0.189 e. The van der Waals surface area contributed by atoms with Crippen LogP contribution in [0.2, 0.25) is 0 Å². The Hall–Kier alpha value is -1.06. The number of nitrogens with zero attached hydrogens (tertiary/aromatic N) is 2. The maximum absolute atomic E-state index is 5.72. The molecule has 2 aromatic rings. The van der Waals surface area contributed by atoms with Crippen LogP contribution in [-0.2, 0) is 5.88 Å². The van der Waals surface area contributed by atoms with Crippen LogP contribution in [0.5, 0.6) is 0 Å². The van der Waals surface area contributed by atoms with Gasteiger partial charge in [0.05, 0.1) is 11.6 Å². The van der Waals surface area contributed by atoms with Gasteiger partial charge in [-0.15, -0.1) is 22.9 Å². The monoisotopic (exact) mass is 238 g/mol. The van der Waals surface area contributed by atoms with Crippen molar-refractivity contribution in [2.24, 2.45) is 0 Å². The summed E-state index contributed by atoms with van der Waals surface area (Å²) in [5, 5.41) is 2.96. The van der Waals surface area contributed by atoms with Gasteiger partial charge in [0.1, 0.15) is 0 Å². The fraction of sp³-hybridized carbons (Fsp3) is 0.182. The second kappa shape index (κ2) is 4.64. The highest BCUT2D eigenvalue weighted by atomic mass is 35.5.